The molecule has 1 heterocycles. The third-order valence-corrected chi connectivity index (χ3v) is 8.51. The average Bonchev–Trinajstić information content (AvgIpc) is 3.41. The fourth-order valence-corrected chi connectivity index (χ4v) is 5.69. The largest absolute Gasteiger partial charge is 0.497 e. The molecule has 2 N–H and O–H groups in total. The highest BCUT2D eigenvalue weighted by atomic mass is 32.2. The molecule has 4 aromatic carbocycles. The molecule has 10 heteroatoms. The maximum atomic E-state index is 13.1. The number of fused-ring (bicyclic) bond motifs is 1. The molecule has 42 heavy (non-hydrogen) atoms. The van der Waals surface area contributed by atoms with Gasteiger partial charge in [0.15, 0.2) is 6.61 Å². The standard InChI is InChI=1S/C32H31N3O6S/c1-21-4-8-26(18-22(21)2)34-42(38,39)29-14-12-28(13-15-29)41-20-31(36)33-25-9-5-23-16-17-35(30(23)19-25)32(37)24-6-10-27(40-3)11-7-24/h4-15,18-19,34H,16-17,20H2,1-3H3,(H,33,36). The molecule has 1 aliphatic heterocycles. The minimum atomic E-state index is -3.79. The molecular formula is C32H31N3O6S. The van der Waals surface area contributed by atoms with Crippen molar-refractivity contribution >= 4 is 38.9 Å². The van der Waals surface area contributed by atoms with E-state index in [0.717, 1.165) is 28.8 Å². The van der Waals surface area contributed by atoms with E-state index in [1.54, 1.807) is 60.5 Å². The molecule has 0 radical (unpaired) electrons. The van der Waals surface area contributed by atoms with E-state index in [1.165, 1.54) is 24.3 Å². The molecule has 0 atom stereocenters. The number of sulfonamides is 1. The Labute approximate surface area is 245 Å². The van der Waals surface area contributed by atoms with E-state index in [2.05, 4.69) is 10.0 Å². The summed E-state index contributed by atoms with van der Waals surface area (Å²) >= 11 is 0. The summed E-state index contributed by atoms with van der Waals surface area (Å²) in [5, 5.41) is 2.80. The van der Waals surface area contributed by atoms with Crippen molar-refractivity contribution in [2.45, 2.75) is 25.2 Å². The number of nitrogens with one attached hydrogen (secondary N) is 2. The van der Waals surface area contributed by atoms with Gasteiger partial charge in [0.05, 0.1) is 12.0 Å². The normalized spacial score (nSPS) is 12.4. The third kappa shape index (κ3) is 6.39. The van der Waals surface area contributed by atoms with E-state index in [-0.39, 0.29) is 17.4 Å². The number of amides is 2. The lowest BCUT2D eigenvalue weighted by atomic mass is 10.1. The molecule has 0 spiro atoms. The van der Waals surface area contributed by atoms with Crippen molar-refractivity contribution in [2.75, 3.05) is 35.2 Å². The molecule has 0 bridgehead atoms. The zero-order valence-corrected chi connectivity index (χ0v) is 24.3. The topological polar surface area (TPSA) is 114 Å². The van der Waals surface area contributed by atoms with Crippen LogP contribution in [-0.2, 0) is 21.2 Å². The van der Waals surface area contributed by atoms with Gasteiger partial charge < -0.3 is 19.7 Å². The number of aryl methyl sites for hydroxylation is 2. The van der Waals surface area contributed by atoms with E-state index in [0.29, 0.717) is 35.0 Å². The smallest absolute Gasteiger partial charge is 0.262 e. The molecule has 216 valence electrons. The van der Waals surface area contributed by atoms with Gasteiger partial charge in [-0.05, 0) is 110 Å². The van der Waals surface area contributed by atoms with Gasteiger partial charge in [-0.2, -0.15) is 0 Å². The van der Waals surface area contributed by atoms with Crippen LogP contribution < -0.4 is 24.4 Å². The van der Waals surface area contributed by atoms with Crippen molar-refractivity contribution in [1.82, 2.24) is 0 Å². The summed E-state index contributed by atoms with van der Waals surface area (Å²) in [6, 6.07) is 23.6. The van der Waals surface area contributed by atoms with Crippen LogP contribution >= 0.6 is 0 Å². The monoisotopic (exact) mass is 585 g/mol. The first-order valence-electron chi connectivity index (χ1n) is 13.3. The SMILES string of the molecule is COc1ccc(C(=O)N2CCc3ccc(NC(=O)COc4ccc(S(=O)(=O)Nc5ccc(C)c(C)c5)cc4)cc32)cc1. The molecule has 9 nitrogen and oxygen atoms in total. The molecule has 4 aromatic rings. The van der Waals surface area contributed by atoms with Crippen LogP contribution in [0.3, 0.4) is 0 Å². The van der Waals surface area contributed by atoms with Crippen LogP contribution in [0.5, 0.6) is 11.5 Å². The Balaban J connectivity index is 1.18. The molecule has 5 rings (SSSR count). The fourth-order valence-electron chi connectivity index (χ4n) is 4.64. The van der Waals surface area contributed by atoms with Crippen LogP contribution in [0.2, 0.25) is 0 Å². The molecule has 0 saturated carbocycles. The van der Waals surface area contributed by atoms with Crippen molar-refractivity contribution in [1.29, 1.82) is 0 Å². The minimum Gasteiger partial charge on any atom is -0.497 e. The fraction of sp³-hybridized carbons (Fsp3) is 0.188. The number of carbonyl (C=O) groups is 2. The number of hydrogen-bond donors (Lipinski definition) is 2. The highest BCUT2D eigenvalue weighted by Crippen LogP contribution is 2.32. The van der Waals surface area contributed by atoms with Gasteiger partial charge in [-0.25, -0.2) is 8.42 Å². The molecule has 2 amide bonds. The van der Waals surface area contributed by atoms with E-state index >= 15 is 0 Å². The van der Waals surface area contributed by atoms with Crippen LogP contribution in [-0.4, -0.2) is 40.5 Å². The Morgan fingerprint density at radius 2 is 1.52 bits per heavy atom. The van der Waals surface area contributed by atoms with Gasteiger partial charge in [-0.3, -0.25) is 14.3 Å². The first kappa shape index (κ1) is 28.7. The summed E-state index contributed by atoms with van der Waals surface area (Å²) < 4.78 is 38.9. The third-order valence-electron chi connectivity index (χ3n) is 7.11. The van der Waals surface area contributed by atoms with Gasteiger partial charge in [0.2, 0.25) is 0 Å². The highest BCUT2D eigenvalue weighted by molar-refractivity contribution is 7.92. The zero-order chi connectivity index (χ0) is 29.9. The van der Waals surface area contributed by atoms with E-state index < -0.39 is 15.9 Å². The number of carbonyl (C=O) groups excluding carboxylic acids is 2. The van der Waals surface area contributed by atoms with Crippen LogP contribution in [0.25, 0.3) is 0 Å². The summed E-state index contributed by atoms with van der Waals surface area (Å²) in [5.74, 6) is 0.499. The lowest BCUT2D eigenvalue weighted by molar-refractivity contribution is -0.118. The second-order valence-electron chi connectivity index (χ2n) is 9.99. The molecule has 0 unspecified atom stereocenters. The summed E-state index contributed by atoms with van der Waals surface area (Å²) in [4.78, 5) is 27.5. The van der Waals surface area contributed by atoms with Crippen LogP contribution in [0, 0.1) is 13.8 Å². The van der Waals surface area contributed by atoms with Crippen molar-refractivity contribution in [3.05, 3.63) is 107 Å². The molecule has 1 aliphatic rings. The zero-order valence-electron chi connectivity index (χ0n) is 23.5. The lowest BCUT2D eigenvalue weighted by Gasteiger charge is -2.18. The van der Waals surface area contributed by atoms with Crippen molar-refractivity contribution in [2.24, 2.45) is 0 Å². The van der Waals surface area contributed by atoms with Gasteiger partial charge in [0.25, 0.3) is 21.8 Å². The van der Waals surface area contributed by atoms with E-state index in [4.69, 9.17) is 9.47 Å². The summed E-state index contributed by atoms with van der Waals surface area (Å²) in [7, 11) is -2.21. The molecule has 0 aliphatic carbocycles. The number of rotatable bonds is 9. The van der Waals surface area contributed by atoms with Crippen molar-refractivity contribution in [3.8, 4) is 11.5 Å². The maximum absolute atomic E-state index is 13.1. The molecular weight excluding hydrogens is 554 g/mol. The van der Waals surface area contributed by atoms with Crippen LogP contribution in [0.1, 0.15) is 27.0 Å². The number of nitrogens with zero attached hydrogens (tertiary/aromatic N) is 1. The van der Waals surface area contributed by atoms with Gasteiger partial charge in [-0.1, -0.05) is 12.1 Å². The van der Waals surface area contributed by atoms with E-state index in [9.17, 15) is 18.0 Å². The average molecular weight is 586 g/mol. The van der Waals surface area contributed by atoms with E-state index in [1.807, 2.05) is 26.0 Å². The van der Waals surface area contributed by atoms with Gasteiger partial charge >= 0.3 is 0 Å². The molecule has 0 aromatic heterocycles. The Hall–Kier alpha value is -4.83. The number of methoxy groups -OCH3 is 1. The Morgan fingerprint density at radius 3 is 2.21 bits per heavy atom. The maximum Gasteiger partial charge on any atom is 0.262 e. The van der Waals surface area contributed by atoms with Crippen LogP contribution in [0.15, 0.2) is 89.8 Å². The Morgan fingerprint density at radius 1 is 0.833 bits per heavy atom. The summed E-state index contributed by atoms with van der Waals surface area (Å²) in [6.45, 7) is 4.14. The second kappa shape index (κ2) is 12.0. The minimum absolute atomic E-state index is 0.0735. The Kier molecular flexibility index (Phi) is 8.17. The predicted molar refractivity (Wildman–Crippen MR) is 162 cm³/mol. The van der Waals surface area contributed by atoms with Gasteiger partial charge in [0, 0.05) is 29.2 Å². The first-order chi connectivity index (χ1) is 20.1. The lowest BCUT2D eigenvalue weighted by Crippen LogP contribution is -2.29. The van der Waals surface area contributed by atoms with Gasteiger partial charge in [-0.15, -0.1) is 0 Å². The first-order valence-corrected chi connectivity index (χ1v) is 14.8. The number of ether oxygens (including phenoxy) is 2. The highest BCUT2D eigenvalue weighted by Gasteiger charge is 2.26. The van der Waals surface area contributed by atoms with Crippen molar-refractivity contribution in [3.63, 3.8) is 0 Å². The van der Waals surface area contributed by atoms with Gasteiger partial charge in [0.1, 0.15) is 11.5 Å². The van der Waals surface area contributed by atoms with Crippen LogP contribution in [0.4, 0.5) is 17.1 Å². The van der Waals surface area contributed by atoms with Crippen molar-refractivity contribution < 1.29 is 27.5 Å². The molecule has 0 fully saturated rings. The summed E-state index contributed by atoms with van der Waals surface area (Å²) in [6.07, 6.45) is 0.723. The second-order valence-corrected chi connectivity index (χ2v) is 11.7. The summed E-state index contributed by atoms with van der Waals surface area (Å²) in [5.41, 5.74) is 5.39. The molecule has 0 saturated heterocycles. The number of hydrogen-bond acceptors (Lipinski definition) is 6. The quantitative estimate of drug-likeness (QED) is 0.274. The number of benzene rings is 4. The number of anilines is 3. The predicted octanol–water partition coefficient (Wildman–Crippen LogP) is 5.33. The Bertz CT molecular complexity index is 1740.